The average Bonchev–Trinajstić information content (AvgIpc) is 3.65. The summed E-state index contributed by atoms with van der Waals surface area (Å²) in [6, 6.07) is 1.62. The molecule has 2 aromatic rings. The van der Waals surface area contributed by atoms with Gasteiger partial charge in [0, 0.05) is 55.7 Å². The maximum atomic E-state index is 13.7. The monoisotopic (exact) mass is 485 g/mol. The smallest absolute Gasteiger partial charge is 0.248 e. The third-order valence-electron chi connectivity index (χ3n) is 8.07. The van der Waals surface area contributed by atoms with E-state index in [4.69, 9.17) is 9.97 Å². The minimum absolute atomic E-state index is 0.0740. The van der Waals surface area contributed by atoms with Crippen LogP contribution in [0, 0.1) is 0 Å². The number of hydrogen-bond donors (Lipinski definition) is 2. The maximum absolute atomic E-state index is 13.7. The molecular formula is C25H33F2N7O. The Morgan fingerprint density at radius 2 is 1.91 bits per heavy atom. The molecule has 2 atom stereocenters. The van der Waals surface area contributed by atoms with Crippen molar-refractivity contribution in [3.8, 4) is 0 Å². The molecule has 2 aromatic heterocycles. The predicted octanol–water partition coefficient (Wildman–Crippen LogP) is 4.32. The predicted molar refractivity (Wildman–Crippen MR) is 128 cm³/mol. The van der Waals surface area contributed by atoms with Gasteiger partial charge in [0.25, 0.3) is 0 Å². The molecule has 2 aliphatic heterocycles. The number of carbonyl (C=O) groups is 1. The van der Waals surface area contributed by atoms with Gasteiger partial charge in [0.15, 0.2) is 5.82 Å². The van der Waals surface area contributed by atoms with E-state index in [0.29, 0.717) is 24.0 Å². The van der Waals surface area contributed by atoms with Gasteiger partial charge in [-0.25, -0.2) is 13.8 Å². The SMILES string of the molecule is O=C([C@H]1CCCN1c1nc2c(c(Nc3cc([C@@H]4CCC(F)(F)C4)[nH]n3)n1)CCC2)N1CCCCC1. The van der Waals surface area contributed by atoms with Crippen LogP contribution in [0.4, 0.5) is 26.4 Å². The lowest BCUT2D eigenvalue weighted by molar-refractivity contribution is -0.133. The van der Waals surface area contributed by atoms with Gasteiger partial charge in [0.05, 0.1) is 5.69 Å². The van der Waals surface area contributed by atoms with Crippen molar-refractivity contribution in [1.82, 2.24) is 25.1 Å². The number of aryl methyl sites for hydroxylation is 1. The van der Waals surface area contributed by atoms with E-state index in [9.17, 15) is 13.6 Å². The minimum Gasteiger partial charge on any atom is -0.341 e. The standard InChI is InChI=1S/C25H33F2N7O/c26-25(27)10-9-16(15-25)19-14-21(32-31-19)29-22-17-6-4-7-18(17)28-24(30-22)34-13-5-8-20(34)23(35)33-11-2-1-3-12-33/h14,16,20H,1-13,15H2,(H2,28,29,30,31,32)/t16-,20-/m1/s1. The van der Waals surface area contributed by atoms with Crippen LogP contribution < -0.4 is 10.2 Å². The maximum Gasteiger partial charge on any atom is 0.248 e. The van der Waals surface area contributed by atoms with Crippen LogP contribution in [0.3, 0.4) is 0 Å². The third-order valence-corrected chi connectivity index (χ3v) is 8.07. The summed E-state index contributed by atoms with van der Waals surface area (Å²) in [6.45, 7) is 2.45. The van der Waals surface area contributed by atoms with Crippen LogP contribution >= 0.6 is 0 Å². The number of nitrogens with one attached hydrogen (secondary N) is 2. The molecule has 3 fully saturated rings. The van der Waals surface area contributed by atoms with Crippen LogP contribution in [-0.2, 0) is 17.6 Å². The molecule has 188 valence electrons. The van der Waals surface area contributed by atoms with E-state index in [1.807, 2.05) is 11.0 Å². The Bertz CT molecular complexity index is 1100. The number of alkyl halides is 2. The van der Waals surface area contributed by atoms with Gasteiger partial charge in [-0.15, -0.1) is 0 Å². The third kappa shape index (κ3) is 4.47. The number of anilines is 3. The first-order chi connectivity index (χ1) is 17.0. The van der Waals surface area contributed by atoms with Gasteiger partial charge in [0.2, 0.25) is 17.8 Å². The Morgan fingerprint density at radius 3 is 2.71 bits per heavy atom. The molecule has 0 aromatic carbocycles. The van der Waals surface area contributed by atoms with Crippen molar-refractivity contribution in [3.05, 3.63) is 23.0 Å². The van der Waals surface area contributed by atoms with Crippen LogP contribution in [-0.4, -0.2) is 62.6 Å². The number of carbonyl (C=O) groups excluding carboxylic acids is 1. The second kappa shape index (κ2) is 9.02. The number of H-pyrrole nitrogens is 1. The van der Waals surface area contributed by atoms with Crippen molar-refractivity contribution in [2.75, 3.05) is 29.9 Å². The molecule has 1 saturated carbocycles. The first-order valence-corrected chi connectivity index (χ1v) is 13.1. The minimum atomic E-state index is -2.59. The van der Waals surface area contributed by atoms with Crippen molar-refractivity contribution < 1.29 is 13.6 Å². The molecular weight excluding hydrogens is 452 g/mol. The van der Waals surface area contributed by atoms with Crippen molar-refractivity contribution in [2.45, 2.75) is 88.5 Å². The largest absolute Gasteiger partial charge is 0.341 e. The highest BCUT2D eigenvalue weighted by Crippen LogP contribution is 2.44. The highest BCUT2D eigenvalue weighted by Gasteiger charge is 2.41. The molecule has 1 amide bonds. The number of fused-ring (bicyclic) bond motifs is 1. The van der Waals surface area contributed by atoms with Crippen LogP contribution in [0.15, 0.2) is 6.07 Å². The molecule has 10 heteroatoms. The molecule has 4 heterocycles. The molecule has 0 radical (unpaired) electrons. The van der Waals surface area contributed by atoms with Gasteiger partial charge in [-0.1, -0.05) is 0 Å². The molecule has 4 aliphatic rings. The zero-order valence-electron chi connectivity index (χ0n) is 20.0. The zero-order chi connectivity index (χ0) is 24.0. The lowest BCUT2D eigenvalue weighted by Gasteiger charge is -2.32. The highest BCUT2D eigenvalue weighted by molar-refractivity contribution is 5.85. The van der Waals surface area contributed by atoms with Gasteiger partial charge in [-0.2, -0.15) is 10.1 Å². The van der Waals surface area contributed by atoms with Crippen molar-refractivity contribution >= 4 is 23.5 Å². The molecule has 8 nitrogen and oxygen atoms in total. The van der Waals surface area contributed by atoms with Crippen LogP contribution in [0.2, 0.25) is 0 Å². The topological polar surface area (TPSA) is 90.0 Å². The summed E-state index contributed by atoms with van der Waals surface area (Å²) < 4.78 is 27.4. The van der Waals surface area contributed by atoms with E-state index in [1.54, 1.807) is 0 Å². The van der Waals surface area contributed by atoms with Gasteiger partial charge < -0.3 is 15.1 Å². The van der Waals surface area contributed by atoms with Crippen LogP contribution in [0.25, 0.3) is 0 Å². The van der Waals surface area contributed by atoms with Crippen molar-refractivity contribution in [1.29, 1.82) is 0 Å². The normalized spacial score (nSPS) is 25.8. The number of aromatic nitrogens is 4. The Hall–Kier alpha value is -2.78. The van der Waals surface area contributed by atoms with Gasteiger partial charge in [-0.05, 0) is 57.8 Å². The Kier molecular flexibility index (Phi) is 5.84. The molecule has 2 saturated heterocycles. The van der Waals surface area contributed by atoms with Crippen LogP contribution in [0.5, 0.6) is 0 Å². The fourth-order valence-corrected chi connectivity index (χ4v) is 6.19. The molecule has 0 bridgehead atoms. The summed E-state index contributed by atoms with van der Waals surface area (Å²) in [7, 11) is 0. The van der Waals surface area contributed by atoms with Gasteiger partial charge in [-0.3, -0.25) is 9.89 Å². The summed E-state index contributed by atoms with van der Waals surface area (Å²) in [6.07, 6.45) is 8.16. The van der Waals surface area contributed by atoms with E-state index in [0.717, 1.165) is 81.5 Å². The fraction of sp³-hybridized carbons (Fsp3) is 0.680. The molecule has 0 unspecified atom stereocenters. The summed E-state index contributed by atoms with van der Waals surface area (Å²) in [5.74, 6) is -0.696. The second-order valence-corrected chi connectivity index (χ2v) is 10.5. The number of halogens is 2. The molecule has 6 rings (SSSR count). The number of likely N-dealkylation sites (tertiary alicyclic amines) is 1. The Balaban J connectivity index is 1.24. The number of hydrogen-bond acceptors (Lipinski definition) is 6. The summed E-state index contributed by atoms with van der Waals surface area (Å²) in [4.78, 5) is 27.2. The summed E-state index contributed by atoms with van der Waals surface area (Å²) in [5.41, 5.74) is 2.85. The molecule has 2 N–H and O–H groups in total. The van der Waals surface area contributed by atoms with Crippen molar-refractivity contribution in [3.63, 3.8) is 0 Å². The zero-order valence-corrected chi connectivity index (χ0v) is 20.0. The first kappa shape index (κ1) is 22.7. The summed E-state index contributed by atoms with van der Waals surface area (Å²) >= 11 is 0. The number of rotatable bonds is 5. The quantitative estimate of drug-likeness (QED) is 0.656. The second-order valence-electron chi connectivity index (χ2n) is 10.5. The van der Waals surface area contributed by atoms with Crippen molar-refractivity contribution in [2.24, 2.45) is 0 Å². The Morgan fingerprint density at radius 1 is 1.06 bits per heavy atom. The Labute approximate surface area is 203 Å². The fourth-order valence-electron chi connectivity index (χ4n) is 6.19. The van der Waals surface area contributed by atoms with Crippen LogP contribution in [0.1, 0.15) is 80.7 Å². The summed E-state index contributed by atoms with van der Waals surface area (Å²) in [5, 5.41) is 10.6. The first-order valence-electron chi connectivity index (χ1n) is 13.1. The number of aromatic amines is 1. The molecule has 2 aliphatic carbocycles. The lowest BCUT2D eigenvalue weighted by Crippen LogP contribution is -2.48. The van der Waals surface area contributed by atoms with E-state index in [1.165, 1.54) is 6.42 Å². The number of nitrogens with zero attached hydrogens (tertiary/aromatic N) is 5. The van der Waals surface area contributed by atoms with E-state index in [-0.39, 0.29) is 30.7 Å². The average molecular weight is 486 g/mol. The lowest BCUT2D eigenvalue weighted by atomic mass is 10.0. The van der Waals surface area contributed by atoms with E-state index in [2.05, 4.69) is 20.4 Å². The highest BCUT2D eigenvalue weighted by atomic mass is 19.3. The van der Waals surface area contributed by atoms with Gasteiger partial charge >= 0.3 is 0 Å². The van der Waals surface area contributed by atoms with E-state index < -0.39 is 5.92 Å². The number of piperidine rings is 1. The van der Waals surface area contributed by atoms with E-state index >= 15 is 0 Å². The molecule has 0 spiro atoms. The number of amides is 1. The molecule has 35 heavy (non-hydrogen) atoms. The van der Waals surface area contributed by atoms with Gasteiger partial charge in [0.1, 0.15) is 11.9 Å².